The Labute approximate surface area is 259 Å². The van der Waals surface area contributed by atoms with Crippen LogP contribution in [0.15, 0.2) is 24.5 Å². The van der Waals surface area contributed by atoms with Crippen LogP contribution in [0.4, 0.5) is 10.7 Å². The minimum Gasteiger partial charge on any atom is -0.444 e. The number of fused-ring (bicyclic) bond motifs is 1. The summed E-state index contributed by atoms with van der Waals surface area (Å²) in [4.78, 5) is 29.0. The van der Waals surface area contributed by atoms with E-state index in [1.54, 1.807) is 9.58 Å². The number of rotatable bonds is 9. The Kier molecular flexibility index (Phi) is 9.02. The lowest BCUT2D eigenvalue weighted by molar-refractivity contribution is 0.0206. The van der Waals surface area contributed by atoms with Gasteiger partial charge in [-0.25, -0.2) is 19.7 Å². The van der Waals surface area contributed by atoms with Crippen LogP contribution in [-0.2, 0) is 16.2 Å². The van der Waals surface area contributed by atoms with E-state index in [1.807, 2.05) is 63.7 Å². The molecule has 4 aromatic heterocycles. The van der Waals surface area contributed by atoms with Crippen LogP contribution in [0.2, 0.25) is 25.7 Å². The topological polar surface area (TPSA) is 138 Å². The van der Waals surface area contributed by atoms with Crippen molar-refractivity contribution in [3.63, 3.8) is 0 Å². The number of nitrogens with one attached hydrogen (secondary N) is 1. The fraction of sp³-hybridized carbons (Fsp3) is 0.567. The zero-order valence-electron chi connectivity index (χ0n) is 27.1. The maximum absolute atomic E-state index is 12.7. The molecule has 0 bridgehead atoms. The number of aryl methyl sites for hydroxylation is 2. The Morgan fingerprint density at radius 2 is 1.95 bits per heavy atom. The van der Waals surface area contributed by atoms with E-state index < -0.39 is 13.7 Å². The summed E-state index contributed by atoms with van der Waals surface area (Å²) in [7, 11) is -1.23. The van der Waals surface area contributed by atoms with E-state index in [0.717, 1.165) is 46.7 Å². The van der Waals surface area contributed by atoms with Crippen LogP contribution in [-0.4, -0.2) is 90.1 Å². The van der Waals surface area contributed by atoms with E-state index in [1.165, 1.54) is 0 Å². The van der Waals surface area contributed by atoms with Crippen LogP contribution < -0.4 is 5.32 Å². The maximum Gasteiger partial charge on any atom is 0.410 e. The number of carbonyl (C=O) groups excluding carboxylic acids is 1. The molecule has 14 heteroatoms. The van der Waals surface area contributed by atoms with Crippen LogP contribution in [0.5, 0.6) is 0 Å². The zero-order valence-corrected chi connectivity index (χ0v) is 28.1. The van der Waals surface area contributed by atoms with Gasteiger partial charge in [-0.3, -0.25) is 0 Å². The Balaban J connectivity index is 1.43. The van der Waals surface area contributed by atoms with Gasteiger partial charge in [-0.2, -0.15) is 4.68 Å². The van der Waals surface area contributed by atoms with Gasteiger partial charge in [-0.1, -0.05) is 19.6 Å². The first-order valence-electron chi connectivity index (χ1n) is 15.2. The molecule has 0 spiro atoms. The first-order valence-corrected chi connectivity index (χ1v) is 18.9. The van der Waals surface area contributed by atoms with Gasteiger partial charge >= 0.3 is 6.09 Å². The summed E-state index contributed by atoms with van der Waals surface area (Å²) >= 11 is 0. The summed E-state index contributed by atoms with van der Waals surface area (Å²) in [5, 5.41) is 16.3. The lowest BCUT2D eigenvalue weighted by atomic mass is 10.1. The molecule has 0 aromatic carbocycles. The van der Waals surface area contributed by atoms with Crippen LogP contribution in [0.1, 0.15) is 45.0 Å². The van der Waals surface area contributed by atoms with Crippen LogP contribution in [0.3, 0.4) is 0 Å². The number of aromatic nitrogens is 8. The number of piperidine rings is 1. The molecule has 44 heavy (non-hydrogen) atoms. The molecular formula is C30H44N10O3Si. The van der Waals surface area contributed by atoms with E-state index in [9.17, 15) is 4.79 Å². The molecule has 0 aliphatic carbocycles. The third kappa shape index (κ3) is 7.59. The van der Waals surface area contributed by atoms with Crippen molar-refractivity contribution in [2.75, 3.05) is 25.0 Å². The van der Waals surface area contributed by atoms with Crippen molar-refractivity contribution in [1.82, 2.24) is 44.6 Å². The molecule has 13 nitrogen and oxygen atoms in total. The monoisotopic (exact) mass is 620 g/mol. The number of amides is 1. The Hall–Kier alpha value is -3.91. The van der Waals surface area contributed by atoms with Gasteiger partial charge in [0, 0.05) is 57.2 Å². The predicted octanol–water partition coefficient (Wildman–Crippen LogP) is 5.21. The van der Waals surface area contributed by atoms with Crippen LogP contribution in [0.25, 0.3) is 28.1 Å². The summed E-state index contributed by atoms with van der Waals surface area (Å²) in [6, 6.07) is 5.03. The number of hydrogen-bond acceptors (Lipinski definition) is 10. The third-order valence-electron chi connectivity index (χ3n) is 7.41. The van der Waals surface area contributed by atoms with E-state index in [4.69, 9.17) is 19.4 Å². The van der Waals surface area contributed by atoms with Gasteiger partial charge in [0.1, 0.15) is 18.0 Å². The van der Waals surface area contributed by atoms with Crippen molar-refractivity contribution in [1.29, 1.82) is 0 Å². The van der Waals surface area contributed by atoms with E-state index >= 15 is 0 Å². The van der Waals surface area contributed by atoms with Crippen LogP contribution in [0, 0.1) is 13.8 Å². The molecule has 1 aliphatic rings. The second-order valence-corrected chi connectivity index (χ2v) is 19.3. The summed E-state index contributed by atoms with van der Waals surface area (Å²) in [6.45, 7) is 18.8. The zero-order chi connectivity index (χ0) is 31.6. The number of pyridine rings is 1. The normalized spacial score (nSPS) is 16.0. The molecule has 0 radical (unpaired) electrons. The quantitative estimate of drug-likeness (QED) is 0.196. The van der Waals surface area contributed by atoms with Crippen molar-refractivity contribution in [2.24, 2.45) is 0 Å². The molecule has 1 amide bonds. The molecule has 5 heterocycles. The van der Waals surface area contributed by atoms with E-state index in [2.05, 4.69) is 45.5 Å². The number of tetrazole rings is 1. The lowest BCUT2D eigenvalue weighted by Gasteiger charge is -2.34. The van der Waals surface area contributed by atoms with E-state index in [0.29, 0.717) is 44.0 Å². The highest BCUT2D eigenvalue weighted by atomic mass is 28.3. The number of carbonyl (C=O) groups is 1. The third-order valence-corrected chi connectivity index (χ3v) is 9.11. The molecule has 1 N–H and O–H groups in total. The molecule has 1 fully saturated rings. The van der Waals surface area contributed by atoms with E-state index in [-0.39, 0.29) is 12.1 Å². The van der Waals surface area contributed by atoms with Gasteiger partial charge in [-0.05, 0) is 81.6 Å². The fourth-order valence-corrected chi connectivity index (χ4v) is 5.85. The molecule has 1 atom stereocenters. The average molecular weight is 621 g/mol. The second kappa shape index (κ2) is 12.6. The fourth-order valence-electron chi connectivity index (χ4n) is 5.10. The van der Waals surface area contributed by atoms with Crippen molar-refractivity contribution in [2.45, 2.75) is 91.5 Å². The summed E-state index contributed by atoms with van der Waals surface area (Å²) in [5.41, 5.74) is 2.90. The molecule has 4 aromatic rings. The Morgan fingerprint density at radius 1 is 1.16 bits per heavy atom. The van der Waals surface area contributed by atoms with Crippen molar-refractivity contribution < 1.29 is 14.3 Å². The minimum absolute atomic E-state index is 0.0108. The second-order valence-electron chi connectivity index (χ2n) is 13.7. The highest BCUT2D eigenvalue weighted by Gasteiger charge is 2.28. The first-order chi connectivity index (χ1) is 20.8. The number of ether oxygens (including phenoxy) is 2. The van der Waals surface area contributed by atoms with Crippen molar-refractivity contribution >= 4 is 31.1 Å². The average Bonchev–Trinajstić information content (AvgIpc) is 3.54. The van der Waals surface area contributed by atoms with Gasteiger partial charge in [0.05, 0.1) is 5.69 Å². The van der Waals surface area contributed by atoms with Gasteiger partial charge in [-0.15, -0.1) is 5.10 Å². The van der Waals surface area contributed by atoms with Crippen LogP contribution >= 0.6 is 0 Å². The number of likely N-dealkylation sites (tertiary alicyclic amines) is 1. The SMILES string of the molecule is Cc1cnc(N[C@H]2CCCN(C(=O)OC(C)(C)C)C2)nc1-c1cn(COCC[Si](C)(C)C)c2nc(-n3nnnc3C)ccc12. The Morgan fingerprint density at radius 3 is 2.66 bits per heavy atom. The first kappa shape index (κ1) is 31.5. The van der Waals surface area contributed by atoms with Gasteiger partial charge in [0.2, 0.25) is 5.95 Å². The van der Waals surface area contributed by atoms with Gasteiger partial charge in [0.25, 0.3) is 0 Å². The maximum atomic E-state index is 12.7. The number of hydrogen-bond donors (Lipinski definition) is 1. The summed E-state index contributed by atoms with van der Waals surface area (Å²) in [6.07, 6.45) is 5.36. The molecule has 1 saturated heterocycles. The van der Waals surface area contributed by atoms with Gasteiger partial charge in [0.15, 0.2) is 11.6 Å². The largest absolute Gasteiger partial charge is 0.444 e. The highest BCUT2D eigenvalue weighted by Crippen LogP contribution is 2.32. The van der Waals surface area contributed by atoms with Crippen molar-refractivity contribution in [3.05, 3.63) is 35.9 Å². The van der Waals surface area contributed by atoms with Crippen molar-refractivity contribution in [3.8, 4) is 17.1 Å². The van der Waals surface area contributed by atoms with Gasteiger partial charge < -0.3 is 24.3 Å². The Bertz CT molecular complexity index is 1620. The molecule has 236 valence electrons. The molecule has 5 rings (SSSR count). The lowest BCUT2D eigenvalue weighted by Crippen LogP contribution is -2.47. The standard InChI is InChI=1S/C30H44N10O3Si/c1-20-16-31-28(32-22-10-9-13-38(17-22)29(41)43-30(3,4)5)34-26(20)24-18-39(19-42-14-15-44(6,7)8)27-23(24)11-12-25(33-27)40-21(2)35-36-37-40/h11-12,16,18,22H,9-10,13-15,17,19H2,1-8H3,(H,31,32,34)/t22-/m0/s1. The molecule has 0 unspecified atom stereocenters. The number of anilines is 1. The molecule has 0 saturated carbocycles. The smallest absolute Gasteiger partial charge is 0.410 e. The summed E-state index contributed by atoms with van der Waals surface area (Å²) < 4.78 is 15.4. The molecular weight excluding hydrogens is 576 g/mol. The predicted molar refractivity (Wildman–Crippen MR) is 172 cm³/mol. The minimum atomic E-state index is -1.23. The summed E-state index contributed by atoms with van der Waals surface area (Å²) in [5.74, 6) is 1.79. The highest BCUT2D eigenvalue weighted by molar-refractivity contribution is 6.76. The molecule has 1 aliphatic heterocycles. The number of nitrogens with zero attached hydrogens (tertiary/aromatic N) is 9.